The molecule has 26 heavy (non-hydrogen) atoms. The monoisotopic (exact) mass is 352 g/mol. The highest BCUT2D eigenvalue weighted by Crippen LogP contribution is 2.33. The van der Waals surface area contributed by atoms with Gasteiger partial charge in [0.2, 0.25) is 0 Å². The topological polar surface area (TPSA) is 15.3 Å². The van der Waals surface area contributed by atoms with E-state index in [2.05, 4.69) is 40.5 Å². The minimum absolute atomic E-state index is 0.222. The van der Waals surface area contributed by atoms with Gasteiger partial charge in [-0.25, -0.2) is 8.78 Å². The van der Waals surface area contributed by atoms with Gasteiger partial charge >= 0.3 is 0 Å². The Hall–Kier alpha value is -2.30. The molecule has 3 aromatic rings. The molecule has 1 heterocycles. The molecule has 0 aliphatic carbocycles. The van der Waals surface area contributed by atoms with Crippen LogP contribution in [0.25, 0.3) is 10.8 Å². The number of nitrogens with one attached hydrogen (secondary N) is 1. The highest BCUT2D eigenvalue weighted by Gasteiger charge is 2.26. The normalized spacial score (nSPS) is 17.2. The van der Waals surface area contributed by atoms with Crippen LogP contribution in [-0.2, 0) is 0 Å². The average Bonchev–Trinajstić information content (AvgIpc) is 2.93. The summed E-state index contributed by atoms with van der Waals surface area (Å²) in [6, 6.07) is 18.1. The summed E-state index contributed by atoms with van der Waals surface area (Å²) in [5.74, 6) is -1.03. The average molecular weight is 352 g/mol. The number of fused-ring (bicyclic) bond motifs is 1. The van der Waals surface area contributed by atoms with Crippen molar-refractivity contribution in [3.8, 4) is 0 Å². The highest BCUT2D eigenvalue weighted by atomic mass is 19.1. The fourth-order valence-electron chi connectivity index (χ4n) is 3.81. The van der Waals surface area contributed by atoms with Gasteiger partial charge in [-0.05, 0) is 41.4 Å². The van der Waals surface area contributed by atoms with E-state index in [4.69, 9.17) is 0 Å². The van der Waals surface area contributed by atoms with Crippen molar-refractivity contribution >= 4 is 10.8 Å². The van der Waals surface area contributed by atoms with Crippen LogP contribution in [0.5, 0.6) is 0 Å². The molecular weight excluding hydrogens is 330 g/mol. The molecule has 3 aromatic carbocycles. The molecule has 4 rings (SSSR count). The van der Waals surface area contributed by atoms with E-state index in [0.717, 1.165) is 55.0 Å². The van der Waals surface area contributed by atoms with Gasteiger partial charge in [-0.1, -0.05) is 42.5 Å². The number of nitrogens with zero attached hydrogens (tertiary/aromatic N) is 1. The molecule has 0 amide bonds. The van der Waals surface area contributed by atoms with Crippen LogP contribution in [0.1, 0.15) is 23.6 Å². The Labute approximate surface area is 152 Å². The molecule has 1 saturated heterocycles. The lowest BCUT2D eigenvalue weighted by atomic mass is 9.94. The van der Waals surface area contributed by atoms with E-state index in [1.807, 2.05) is 12.1 Å². The van der Waals surface area contributed by atoms with E-state index < -0.39 is 11.6 Å². The predicted octanol–water partition coefficient (Wildman–Crippen LogP) is 4.50. The quantitative estimate of drug-likeness (QED) is 0.746. The van der Waals surface area contributed by atoms with Crippen molar-refractivity contribution in [3.63, 3.8) is 0 Å². The molecule has 0 bridgehead atoms. The summed E-state index contributed by atoms with van der Waals surface area (Å²) in [5, 5.41) is 5.68. The van der Waals surface area contributed by atoms with Crippen LogP contribution in [0.15, 0.2) is 60.7 Å². The first-order valence-electron chi connectivity index (χ1n) is 9.11. The van der Waals surface area contributed by atoms with E-state index >= 15 is 0 Å². The van der Waals surface area contributed by atoms with Crippen LogP contribution in [-0.4, -0.2) is 31.1 Å². The lowest BCUT2D eigenvalue weighted by Gasteiger charge is -2.31. The van der Waals surface area contributed by atoms with Crippen LogP contribution >= 0.6 is 0 Å². The number of rotatable bonds is 3. The molecule has 2 nitrogen and oxygen atoms in total. The van der Waals surface area contributed by atoms with E-state index in [0.29, 0.717) is 5.56 Å². The Morgan fingerprint density at radius 3 is 2.54 bits per heavy atom. The van der Waals surface area contributed by atoms with Crippen LogP contribution in [0.2, 0.25) is 0 Å². The summed E-state index contributed by atoms with van der Waals surface area (Å²) in [4.78, 5) is 2.29. The van der Waals surface area contributed by atoms with Gasteiger partial charge in [-0.15, -0.1) is 0 Å². The molecule has 1 N–H and O–H groups in total. The first-order chi connectivity index (χ1) is 12.7. The molecule has 1 aliphatic heterocycles. The van der Waals surface area contributed by atoms with Gasteiger partial charge in [0, 0.05) is 31.3 Å². The third-order valence-corrected chi connectivity index (χ3v) is 5.09. The second-order valence-corrected chi connectivity index (χ2v) is 6.81. The van der Waals surface area contributed by atoms with E-state index in [-0.39, 0.29) is 6.04 Å². The van der Waals surface area contributed by atoms with Crippen molar-refractivity contribution in [3.05, 3.63) is 83.4 Å². The van der Waals surface area contributed by atoms with Crippen molar-refractivity contribution in [1.82, 2.24) is 10.2 Å². The summed E-state index contributed by atoms with van der Waals surface area (Å²) in [6.45, 7) is 3.54. The maximum absolute atomic E-state index is 14.7. The van der Waals surface area contributed by atoms with E-state index in [1.165, 1.54) is 6.07 Å². The Balaban J connectivity index is 1.82. The summed E-state index contributed by atoms with van der Waals surface area (Å²) >= 11 is 0. The second kappa shape index (κ2) is 7.52. The number of benzene rings is 3. The first-order valence-corrected chi connectivity index (χ1v) is 9.11. The minimum atomic E-state index is -0.541. The summed E-state index contributed by atoms with van der Waals surface area (Å²) < 4.78 is 28.1. The van der Waals surface area contributed by atoms with Crippen LogP contribution in [0, 0.1) is 11.6 Å². The smallest absolute Gasteiger partial charge is 0.131 e. The molecular formula is C22H22F2N2. The van der Waals surface area contributed by atoms with Gasteiger partial charge < -0.3 is 5.32 Å². The standard InChI is InChI=1S/C22H22F2N2/c23-19-8-9-20(21(24)15-19)22(26-12-3-10-25-11-13-26)18-7-6-16-4-1-2-5-17(16)14-18/h1-2,4-9,14-15,22,25H,3,10-13H2. The molecule has 0 radical (unpaired) electrons. The number of halogens is 2. The molecule has 1 fully saturated rings. The van der Waals surface area contributed by atoms with Crippen molar-refractivity contribution in [2.24, 2.45) is 0 Å². The lowest BCUT2D eigenvalue weighted by Crippen LogP contribution is -2.33. The minimum Gasteiger partial charge on any atom is -0.315 e. The molecule has 0 aromatic heterocycles. The van der Waals surface area contributed by atoms with Crippen molar-refractivity contribution in [1.29, 1.82) is 0 Å². The highest BCUT2D eigenvalue weighted by molar-refractivity contribution is 5.83. The third-order valence-electron chi connectivity index (χ3n) is 5.09. The summed E-state index contributed by atoms with van der Waals surface area (Å²) in [5.41, 5.74) is 1.57. The second-order valence-electron chi connectivity index (χ2n) is 6.81. The molecule has 134 valence electrons. The molecule has 1 aliphatic rings. The van der Waals surface area contributed by atoms with Crippen molar-refractivity contribution < 1.29 is 8.78 Å². The van der Waals surface area contributed by atoms with Gasteiger partial charge in [-0.3, -0.25) is 4.90 Å². The Morgan fingerprint density at radius 2 is 1.69 bits per heavy atom. The SMILES string of the molecule is Fc1ccc(C(c2ccc3ccccc3c2)N2CCCNCC2)c(F)c1. The molecule has 0 spiro atoms. The predicted molar refractivity (Wildman–Crippen MR) is 101 cm³/mol. The van der Waals surface area contributed by atoms with Gasteiger partial charge in [-0.2, -0.15) is 0 Å². The lowest BCUT2D eigenvalue weighted by molar-refractivity contribution is 0.236. The number of hydrogen-bond donors (Lipinski definition) is 1. The first kappa shape index (κ1) is 17.1. The molecule has 1 unspecified atom stereocenters. The van der Waals surface area contributed by atoms with Crippen LogP contribution in [0.3, 0.4) is 0 Å². The Morgan fingerprint density at radius 1 is 0.846 bits per heavy atom. The van der Waals surface area contributed by atoms with E-state index in [1.54, 1.807) is 6.07 Å². The van der Waals surface area contributed by atoms with Crippen LogP contribution in [0.4, 0.5) is 8.78 Å². The summed E-state index contributed by atoms with van der Waals surface area (Å²) in [7, 11) is 0. The van der Waals surface area contributed by atoms with Gasteiger partial charge in [0.25, 0.3) is 0 Å². The van der Waals surface area contributed by atoms with Crippen molar-refractivity contribution in [2.75, 3.05) is 26.2 Å². The molecule has 1 atom stereocenters. The maximum Gasteiger partial charge on any atom is 0.131 e. The molecule has 4 heteroatoms. The maximum atomic E-state index is 14.7. The zero-order valence-electron chi connectivity index (χ0n) is 14.6. The third kappa shape index (κ3) is 3.48. The van der Waals surface area contributed by atoms with Gasteiger partial charge in [0.1, 0.15) is 11.6 Å². The van der Waals surface area contributed by atoms with Gasteiger partial charge in [0.05, 0.1) is 6.04 Å². The fourth-order valence-corrected chi connectivity index (χ4v) is 3.81. The van der Waals surface area contributed by atoms with Crippen molar-refractivity contribution in [2.45, 2.75) is 12.5 Å². The van der Waals surface area contributed by atoms with E-state index in [9.17, 15) is 8.78 Å². The summed E-state index contributed by atoms with van der Waals surface area (Å²) in [6.07, 6.45) is 1.01. The fraction of sp³-hybridized carbons (Fsp3) is 0.273. The zero-order chi connectivity index (χ0) is 17.9. The largest absolute Gasteiger partial charge is 0.315 e. The number of hydrogen-bond acceptors (Lipinski definition) is 2. The zero-order valence-corrected chi connectivity index (χ0v) is 14.6. The Kier molecular flexibility index (Phi) is 4.96. The van der Waals surface area contributed by atoms with Gasteiger partial charge in [0.15, 0.2) is 0 Å². The Bertz CT molecular complexity index is 902. The van der Waals surface area contributed by atoms with Crippen LogP contribution < -0.4 is 5.32 Å². The molecule has 0 saturated carbocycles.